The Hall–Kier alpha value is -2.56. The Kier molecular flexibility index (Phi) is 3.73. The molecule has 21 heavy (non-hydrogen) atoms. The van der Waals surface area contributed by atoms with Crippen LogP contribution < -0.4 is 0 Å². The van der Waals surface area contributed by atoms with Crippen molar-refractivity contribution in [3.8, 4) is 0 Å². The number of aryl methyl sites for hydroxylation is 1. The molecule has 0 radical (unpaired) electrons. The van der Waals surface area contributed by atoms with E-state index in [9.17, 15) is 0 Å². The van der Waals surface area contributed by atoms with Gasteiger partial charge in [0.15, 0.2) is 0 Å². The highest BCUT2D eigenvalue weighted by Gasteiger charge is 2.09. The van der Waals surface area contributed by atoms with Crippen LogP contribution in [-0.4, -0.2) is 14.5 Å². The number of hydrogen-bond acceptors (Lipinski definition) is 4. The first-order chi connectivity index (χ1) is 10.3. The molecule has 106 valence electrons. The number of benzene rings is 1. The van der Waals surface area contributed by atoms with E-state index in [0.29, 0.717) is 5.95 Å². The molecule has 0 fully saturated rings. The van der Waals surface area contributed by atoms with Crippen LogP contribution in [-0.2, 0) is 6.54 Å². The summed E-state index contributed by atoms with van der Waals surface area (Å²) in [6.45, 7) is 4.87. The number of para-hydroxylation sites is 2. The number of fused-ring (bicyclic) bond motifs is 1. The number of azo groups is 1. The molecule has 5 heteroatoms. The lowest BCUT2D eigenvalue weighted by molar-refractivity contribution is 0.710. The van der Waals surface area contributed by atoms with Crippen LogP contribution in [0.3, 0.4) is 0 Å². The van der Waals surface area contributed by atoms with Crippen molar-refractivity contribution < 1.29 is 0 Å². The Morgan fingerprint density at radius 2 is 1.95 bits per heavy atom. The van der Waals surface area contributed by atoms with Crippen LogP contribution in [0, 0.1) is 0 Å². The Morgan fingerprint density at radius 1 is 1.14 bits per heavy atom. The molecule has 0 bridgehead atoms. The first kappa shape index (κ1) is 13.4. The smallest absolute Gasteiger partial charge is 0.250 e. The zero-order chi connectivity index (χ0) is 14.7. The fourth-order valence-electron chi connectivity index (χ4n) is 2.27. The fourth-order valence-corrected chi connectivity index (χ4v) is 2.27. The SMILES string of the molecule is CCn1c(N=NC(C)c2ccccn2)nc2ccccc21. The molecule has 0 saturated carbocycles. The van der Waals surface area contributed by atoms with Crippen molar-refractivity contribution in [2.45, 2.75) is 26.4 Å². The van der Waals surface area contributed by atoms with Gasteiger partial charge in [-0.1, -0.05) is 18.2 Å². The van der Waals surface area contributed by atoms with Crippen molar-refractivity contribution in [3.63, 3.8) is 0 Å². The minimum absolute atomic E-state index is 0.0867. The maximum atomic E-state index is 4.53. The number of aromatic nitrogens is 3. The van der Waals surface area contributed by atoms with E-state index >= 15 is 0 Å². The van der Waals surface area contributed by atoms with Gasteiger partial charge in [0.05, 0.1) is 16.7 Å². The number of pyridine rings is 1. The predicted molar refractivity (Wildman–Crippen MR) is 82.6 cm³/mol. The summed E-state index contributed by atoms with van der Waals surface area (Å²) in [5.41, 5.74) is 2.93. The third kappa shape index (κ3) is 2.67. The molecule has 0 aliphatic carbocycles. The zero-order valence-electron chi connectivity index (χ0n) is 12.1. The average molecular weight is 279 g/mol. The number of rotatable bonds is 4. The van der Waals surface area contributed by atoms with Crippen LogP contribution >= 0.6 is 0 Å². The molecule has 1 aromatic carbocycles. The van der Waals surface area contributed by atoms with Gasteiger partial charge in [-0.05, 0) is 38.1 Å². The molecule has 0 saturated heterocycles. The second-order valence-corrected chi connectivity index (χ2v) is 4.79. The highest BCUT2D eigenvalue weighted by molar-refractivity contribution is 5.77. The van der Waals surface area contributed by atoms with Crippen LogP contribution in [0.15, 0.2) is 58.9 Å². The van der Waals surface area contributed by atoms with Gasteiger partial charge < -0.3 is 4.57 Å². The topological polar surface area (TPSA) is 55.4 Å². The van der Waals surface area contributed by atoms with Crippen molar-refractivity contribution in [3.05, 3.63) is 54.4 Å². The summed E-state index contributed by atoms with van der Waals surface area (Å²) >= 11 is 0. The number of hydrogen-bond donors (Lipinski definition) is 0. The normalized spacial score (nSPS) is 13.0. The van der Waals surface area contributed by atoms with E-state index in [1.54, 1.807) is 6.20 Å². The molecule has 1 unspecified atom stereocenters. The van der Waals surface area contributed by atoms with Crippen molar-refractivity contribution in [2.75, 3.05) is 0 Å². The molecular formula is C16H17N5. The maximum Gasteiger partial charge on any atom is 0.250 e. The number of imidazole rings is 1. The van der Waals surface area contributed by atoms with Crippen LogP contribution in [0.2, 0.25) is 0 Å². The van der Waals surface area contributed by atoms with E-state index < -0.39 is 0 Å². The molecule has 2 aromatic heterocycles. The average Bonchev–Trinajstić information content (AvgIpc) is 2.91. The Balaban J connectivity index is 1.92. The summed E-state index contributed by atoms with van der Waals surface area (Å²) in [4.78, 5) is 8.83. The van der Waals surface area contributed by atoms with Gasteiger partial charge in [0.2, 0.25) is 5.95 Å². The van der Waals surface area contributed by atoms with Gasteiger partial charge in [0.25, 0.3) is 0 Å². The van der Waals surface area contributed by atoms with Gasteiger partial charge in [-0.25, -0.2) is 4.98 Å². The summed E-state index contributed by atoms with van der Waals surface area (Å²) in [5, 5.41) is 8.68. The zero-order valence-corrected chi connectivity index (χ0v) is 12.1. The molecule has 3 aromatic rings. The second-order valence-electron chi connectivity index (χ2n) is 4.79. The Morgan fingerprint density at radius 3 is 2.71 bits per heavy atom. The molecule has 5 nitrogen and oxygen atoms in total. The Labute approximate surface area is 123 Å². The summed E-state index contributed by atoms with van der Waals surface area (Å²) in [5.74, 6) is 0.640. The van der Waals surface area contributed by atoms with Crippen molar-refractivity contribution in [1.82, 2.24) is 14.5 Å². The highest BCUT2D eigenvalue weighted by Crippen LogP contribution is 2.23. The van der Waals surface area contributed by atoms with E-state index in [-0.39, 0.29) is 6.04 Å². The van der Waals surface area contributed by atoms with Gasteiger partial charge >= 0.3 is 0 Å². The molecule has 0 aliphatic heterocycles. The summed E-state index contributed by atoms with van der Waals surface area (Å²) in [6, 6.07) is 13.7. The molecule has 0 spiro atoms. The number of nitrogens with zero attached hydrogens (tertiary/aromatic N) is 5. The summed E-state index contributed by atoms with van der Waals surface area (Å²) < 4.78 is 2.06. The van der Waals surface area contributed by atoms with Crippen LogP contribution in [0.4, 0.5) is 5.95 Å². The molecular weight excluding hydrogens is 262 g/mol. The van der Waals surface area contributed by atoms with E-state index in [0.717, 1.165) is 23.3 Å². The minimum atomic E-state index is -0.0867. The van der Waals surface area contributed by atoms with Crippen LogP contribution in [0.1, 0.15) is 25.6 Å². The highest BCUT2D eigenvalue weighted by atomic mass is 15.3. The van der Waals surface area contributed by atoms with Gasteiger partial charge in [-0.3, -0.25) is 4.98 Å². The summed E-state index contributed by atoms with van der Waals surface area (Å²) in [7, 11) is 0. The van der Waals surface area contributed by atoms with Gasteiger partial charge in [-0.2, -0.15) is 5.11 Å². The van der Waals surface area contributed by atoms with Crippen LogP contribution in [0.5, 0.6) is 0 Å². The van der Waals surface area contributed by atoms with E-state index in [4.69, 9.17) is 0 Å². The first-order valence-corrected chi connectivity index (χ1v) is 7.06. The standard InChI is InChI=1S/C16H17N5/c1-3-21-15-10-5-4-9-14(15)18-16(21)20-19-12(2)13-8-6-7-11-17-13/h4-12H,3H2,1-2H3. The predicted octanol–water partition coefficient (Wildman–Crippen LogP) is 4.30. The molecule has 2 heterocycles. The summed E-state index contributed by atoms with van der Waals surface area (Å²) in [6.07, 6.45) is 1.77. The first-order valence-electron chi connectivity index (χ1n) is 7.06. The molecule has 0 amide bonds. The van der Waals surface area contributed by atoms with E-state index in [1.165, 1.54) is 0 Å². The lowest BCUT2D eigenvalue weighted by Gasteiger charge is -2.04. The largest absolute Gasteiger partial charge is 0.307 e. The van der Waals surface area contributed by atoms with Crippen molar-refractivity contribution in [2.24, 2.45) is 10.2 Å². The van der Waals surface area contributed by atoms with Crippen LogP contribution in [0.25, 0.3) is 11.0 Å². The quantitative estimate of drug-likeness (QED) is 0.669. The minimum Gasteiger partial charge on any atom is -0.307 e. The van der Waals surface area contributed by atoms with Gasteiger partial charge in [-0.15, -0.1) is 5.11 Å². The molecule has 3 rings (SSSR count). The van der Waals surface area contributed by atoms with Gasteiger partial charge in [0.1, 0.15) is 6.04 Å². The maximum absolute atomic E-state index is 4.53. The Bertz CT molecular complexity index is 761. The van der Waals surface area contributed by atoms with Crippen molar-refractivity contribution >= 4 is 17.0 Å². The van der Waals surface area contributed by atoms with E-state index in [2.05, 4.69) is 31.7 Å². The van der Waals surface area contributed by atoms with E-state index in [1.807, 2.05) is 49.4 Å². The lowest BCUT2D eigenvalue weighted by Crippen LogP contribution is -1.94. The lowest BCUT2D eigenvalue weighted by atomic mass is 10.2. The molecule has 0 N–H and O–H groups in total. The monoisotopic (exact) mass is 279 g/mol. The third-order valence-electron chi connectivity index (χ3n) is 3.39. The second kappa shape index (κ2) is 5.83. The van der Waals surface area contributed by atoms with Gasteiger partial charge in [0, 0.05) is 12.7 Å². The third-order valence-corrected chi connectivity index (χ3v) is 3.39. The van der Waals surface area contributed by atoms with Crippen molar-refractivity contribution in [1.29, 1.82) is 0 Å². The molecule has 1 atom stereocenters. The molecule has 0 aliphatic rings. The fraction of sp³-hybridized carbons (Fsp3) is 0.250.